The lowest BCUT2D eigenvalue weighted by Crippen LogP contribution is -2.09. The molecule has 1 heterocycles. The molecule has 0 aliphatic heterocycles. The highest BCUT2D eigenvalue weighted by Gasteiger charge is 2.10. The number of nitrogens with one attached hydrogen (secondary N) is 1. The largest absolute Gasteiger partial charge is 0.369 e. The molecule has 3 nitrogen and oxygen atoms in total. The summed E-state index contributed by atoms with van der Waals surface area (Å²) in [6.45, 7) is 7.35. The van der Waals surface area contributed by atoms with Crippen molar-refractivity contribution < 1.29 is 0 Å². The first-order valence-electron chi connectivity index (χ1n) is 6.09. The molecule has 96 valence electrons. The summed E-state index contributed by atoms with van der Waals surface area (Å²) < 4.78 is 1.18. The summed E-state index contributed by atoms with van der Waals surface area (Å²) in [4.78, 5) is 9.25. The highest BCUT2D eigenvalue weighted by atomic mass is 127. The zero-order chi connectivity index (χ0) is 12.7. The first kappa shape index (κ1) is 15.0. The molecule has 0 amide bonds. The van der Waals surface area contributed by atoms with E-state index in [1.54, 1.807) is 0 Å². The Balaban J connectivity index is 2.98. The number of aryl methyl sites for hydroxylation is 1. The van der Waals surface area contributed by atoms with Crippen molar-refractivity contribution in [3.63, 3.8) is 0 Å². The van der Waals surface area contributed by atoms with Gasteiger partial charge in [0.25, 0.3) is 0 Å². The molecule has 0 fully saturated rings. The Morgan fingerprint density at radius 1 is 1.24 bits per heavy atom. The lowest BCUT2D eigenvalue weighted by Gasteiger charge is -2.11. The van der Waals surface area contributed by atoms with Crippen LogP contribution in [0.3, 0.4) is 0 Å². The molecule has 0 spiro atoms. The van der Waals surface area contributed by atoms with Gasteiger partial charge in [0.1, 0.15) is 11.6 Å². The average Bonchev–Trinajstić information content (AvgIpc) is 2.32. The van der Waals surface area contributed by atoms with Gasteiger partial charge in [-0.15, -0.1) is 0 Å². The van der Waals surface area contributed by atoms with E-state index < -0.39 is 0 Å². The third-order valence-electron chi connectivity index (χ3n) is 2.23. The van der Waals surface area contributed by atoms with Crippen molar-refractivity contribution in [3.05, 3.63) is 15.1 Å². The molecule has 0 unspecified atom stereocenters. The standard InChI is InChI=1S/C12H20IN3S/c1-4-7-9-11(13)12(14-5-2)16-10(15-9)8-17-6-3/h4-8H2,1-3H3,(H,14,15,16). The smallest absolute Gasteiger partial charge is 0.143 e. The van der Waals surface area contributed by atoms with Crippen LogP contribution in [0.1, 0.15) is 38.7 Å². The molecule has 1 aromatic heterocycles. The lowest BCUT2D eigenvalue weighted by molar-refractivity contribution is 0.844. The van der Waals surface area contributed by atoms with Crippen molar-refractivity contribution in [1.82, 2.24) is 9.97 Å². The number of hydrogen-bond donors (Lipinski definition) is 1. The normalized spacial score (nSPS) is 10.6. The van der Waals surface area contributed by atoms with Crippen molar-refractivity contribution in [2.24, 2.45) is 0 Å². The van der Waals surface area contributed by atoms with Crippen molar-refractivity contribution in [3.8, 4) is 0 Å². The Morgan fingerprint density at radius 2 is 2.00 bits per heavy atom. The lowest BCUT2D eigenvalue weighted by atomic mass is 10.2. The van der Waals surface area contributed by atoms with Crippen molar-refractivity contribution in [2.75, 3.05) is 17.6 Å². The van der Waals surface area contributed by atoms with Crippen LogP contribution in [0.2, 0.25) is 0 Å². The van der Waals surface area contributed by atoms with E-state index in [0.29, 0.717) is 0 Å². The van der Waals surface area contributed by atoms with Gasteiger partial charge in [-0.3, -0.25) is 0 Å². The zero-order valence-corrected chi connectivity index (χ0v) is 13.7. The Hall–Kier alpha value is -0.0400. The van der Waals surface area contributed by atoms with Gasteiger partial charge < -0.3 is 5.32 Å². The van der Waals surface area contributed by atoms with Gasteiger partial charge in [0.05, 0.1) is 15.0 Å². The van der Waals surface area contributed by atoms with Crippen LogP contribution in [-0.4, -0.2) is 22.3 Å². The van der Waals surface area contributed by atoms with Crippen LogP contribution >= 0.6 is 34.4 Å². The van der Waals surface area contributed by atoms with Gasteiger partial charge in [-0.05, 0) is 41.7 Å². The number of halogens is 1. The number of hydrogen-bond acceptors (Lipinski definition) is 4. The maximum absolute atomic E-state index is 4.66. The molecule has 0 saturated heterocycles. The SMILES string of the molecule is CCCc1nc(CSCC)nc(NCC)c1I. The number of aromatic nitrogens is 2. The van der Waals surface area contributed by atoms with Gasteiger partial charge in [-0.1, -0.05) is 20.3 Å². The van der Waals surface area contributed by atoms with Gasteiger partial charge in [0.2, 0.25) is 0 Å². The van der Waals surface area contributed by atoms with E-state index >= 15 is 0 Å². The summed E-state index contributed by atoms with van der Waals surface area (Å²) in [6.07, 6.45) is 2.15. The quantitative estimate of drug-likeness (QED) is 0.748. The van der Waals surface area contributed by atoms with E-state index in [4.69, 9.17) is 0 Å². The van der Waals surface area contributed by atoms with Crippen LogP contribution < -0.4 is 5.32 Å². The first-order chi connectivity index (χ1) is 8.22. The molecule has 1 rings (SSSR count). The van der Waals surface area contributed by atoms with E-state index in [1.165, 1.54) is 9.26 Å². The highest BCUT2D eigenvalue weighted by Crippen LogP contribution is 2.22. The fourth-order valence-corrected chi connectivity index (χ4v) is 2.71. The third kappa shape index (κ3) is 4.62. The van der Waals surface area contributed by atoms with Gasteiger partial charge >= 0.3 is 0 Å². The molecule has 0 aliphatic carbocycles. The second-order valence-electron chi connectivity index (χ2n) is 3.67. The topological polar surface area (TPSA) is 37.8 Å². The molecule has 0 radical (unpaired) electrons. The van der Waals surface area contributed by atoms with Crippen LogP contribution in [0.15, 0.2) is 0 Å². The Kier molecular flexibility index (Phi) is 7.18. The van der Waals surface area contributed by atoms with Crippen LogP contribution in [0.4, 0.5) is 5.82 Å². The molecular formula is C12H20IN3S. The Morgan fingerprint density at radius 3 is 2.59 bits per heavy atom. The minimum absolute atomic E-state index is 0.902. The second kappa shape index (κ2) is 8.13. The van der Waals surface area contributed by atoms with E-state index in [0.717, 1.165) is 42.5 Å². The number of thioether (sulfide) groups is 1. The minimum atomic E-state index is 0.902. The average molecular weight is 365 g/mol. The Bertz CT molecular complexity index is 331. The predicted molar refractivity (Wildman–Crippen MR) is 84.7 cm³/mol. The predicted octanol–water partition coefficient (Wildman–Crippen LogP) is 3.72. The fraction of sp³-hybridized carbons (Fsp3) is 0.667. The van der Waals surface area contributed by atoms with E-state index in [9.17, 15) is 0 Å². The maximum Gasteiger partial charge on any atom is 0.143 e. The van der Waals surface area contributed by atoms with Gasteiger partial charge in [0.15, 0.2) is 0 Å². The maximum atomic E-state index is 4.66. The molecule has 5 heteroatoms. The molecule has 17 heavy (non-hydrogen) atoms. The number of nitrogens with zero attached hydrogens (tertiary/aromatic N) is 2. The second-order valence-corrected chi connectivity index (χ2v) is 6.02. The minimum Gasteiger partial charge on any atom is -0.369 e. The van der Waals surface area contributed by atoms with Crippen LogP contribution in [-0.2, 0) is 12.2 Å². The van der Waals surface area contributed by atoms with Crippen molar-refractivity contribution in [2.45, 2.75) is 39.4 Å². The number of rotatable bonds is 7. The summed E-state index contributed by atoms with van der Waals surface area (Å²) in [6, 6.07) is 0. The van der Waals surface area contributed by atoms with Crippen LogP contribution in [0.25, 0.3) is 0 Å². The van der Waals surface area contributed by atoms with E-state index in [2.05, 4.69) is 58.6 Å². The molecular weight excluding hydrogens is 345 g/mol. The zero-order valence-electron chi connectivity index (χ0n) is 10.7. The molecule has 1 N–H and O–H groups in total. The molecule has 0 aliphatic rings. The van der Waals surface area contributed by atoms with Gasteiger partial charge in [-0.2, -0.15) is 11.8 Å². The molecule has 0 saturated carbocycles. The summed E-state index contributed by atoms with van der Waals surface area (Å²) in [7, 11) is 0. The summed E-state index contributed by atoms with van der Waals surface area (Å²) in [5.41, 5.74) is 1.19. The molecule has 1 aromatic rings. The van der Waals surface area contributed by atoms with Crippen LogP contribution in [0.5, 0.6) is 0 Å². The van der Waals surface area contributed by atoms with Crippen molar-refractivity contribution >= 4 is 40.2 Å². The summed E-state index contributed by atoms with van der Waals surface area (Å²) in [5, 5.41) is 3.32. The number of anilines is 1. The fourth-order valence-electron chi connectivity index (χ4n) is 1.49. The highest BCUT2D eigenvalue weighted by molar-refractivity contribution is 14.1. The van der Waals surface area contributed by atoms with Gasteiger partial charge in [0, 0.05) is 6.54 Å². The third-order valence-corrected chi connectivity index (χ3v) is 4.24. The Labute approximate surface area is 122 Å². The first-order valence-corrected chi connectivity index (χ1v) is 8.33. The molecule has 0 aromatic carbocycles. The van der Waals surface area contributed by atoms with Crippen LogP contribution in [0, 0.1) is 3.57 Å². The monoisotopic (exact) mass is 365 g/mol. The molecule has 0 atom stereocenters. The van der Waals surface area contributed by atoms with E-state index in [1.807, 2.05) is 11.8 Å². The van der Waals surface area contributed by atoms with E-state index in [-0.39, 0.29) is 0 Å². The molecule has 0 bridgehead atoms. The van der Waals surface area contributed by atoms with Gasteiger partial charge in [-0.25, -0.2) is 9.97 Å². The van der Waals surface area contributed by atoms with Crippen molar-refractivity contribution in [1.29, 1.82) is 0 Å². The summed E-state index contributed by atoms with van der Waals surface area (Å²) >= 11 is 4.21. The summed E-state index contributed by atoms with van der Waals surface area (Å²) in [5.74, 6) is 3.97.